The molecule has 0 aliphatic rings. The van der Waals surface area contributed by atoms with Crippen LogP contribution in [0.1, 0.15) is 20.3 Å². The molecule has 0 atom stereocenters. The molecule has 0 aliphatic carbocycles. The summed E-state index contributed by atoms with van der Waals surface area (Å²) in [6.07, 6.45) is 10.9. The summed E-state index contributed by atoms with van der Waals surface area (Å²) in [5.41, 5.74) is -6.22. The normalized spacial score (nSPS) is 10.1. The summed E-state index contributed by atoms with van der Waals surface area (Å²) >= 11 is 0. The predicted octanol–water partition coefficient (Wildman–Crippen LogP) is 0.625. The highest BCUT2D eigenvalue weighted by atomic mass is 16.6. The standard InChI is InChI=1S/C18H21N3O9.C15H20O7.C15H20O6.C14H18O7/c1-4-13(22)28-10-7-19-16(25)20(8-11-29-14(23)5-2)18(27)21(17(19)26)9-12-30-15(24)6-3;1-5-12(17)20-8-15(7-16,9-21-13(18)6-2)10-22-14(19)11(3)4;1-5-12(16)19-9-15(8-4,10-20-13(17)6-2)11-21-14(18)7-3;1-4-11(16)19-8-14(7-15,9-20-12(17)5-2)10-21-13(18)6-3/h4-6H,1-3,7-12H2;5-6,16H,1-3,7-10H2,4H3;5-7H,1-3,8-11H2,4H3;4-6,15H,1-3,7-10H2. The van der Waals surface area contributed by atoms with Crippen LogP contribution in [0, 0.1) is 16.2 Å². The predicted molar refractivity (Wildman–Crippen MR) is 329 cm³/mol. The van der Waals surface area contributed by atoms with Crippen LogP contribution in [0.4, 0.5) is 0 Å². The maximum Gasteiger partial charge on any atom is 0.336 e. The van der Waals surface area contributed by atoms with Crippen molar-refractivity contribution in [2.75, 3.05) is 92.5 Å². The van der Waals surface area contributed by atoms with Gasteiger partial charge in [0.15, 0.2) is 0 Å². The lowest BCUT2D eigenvalue weighted by molar-refractivity contribution is -0.161. The highest BCUT2D eigenvalue weighted by Gasteiger charge is 2.37. The van der Waals surface area contributed by atoms with Gasteiger partial charge in [0.2, 0.25) is 0 Å². The molecule has 0 amide bonds. The molecular weight excluding hydrogens is 1250 g/mol. The minimum atomic E-state index is -1.29. The molecule has 1 aromatic rings. The van der Waals surface area contributed by atoms with Gasteiger partial charge in [0.05, 0.1) is 49.1 Å². The van der Waals surface area contributed by atoms with E-state index in [1.165, 1.54) is 6.92 Å². The lowest BCUT2D eigenvalue weighted by Gasteiger charge is -2.30. The van der Waals surface area contributed by atoms with E-state index in [-0.39, 0.29) is 104 Å². The van der Waals surface area contributed by atoms with E-state index in [0.717, 1.165) is 66.8 Å². The largest absolute Gasteiger partial charge is 0.462 e. The van der Waals surface area contributed by atoms with Crippen molar-refractivity contribution in [2.24, 2.45) is 16.2 Å². The van der Waals surface area contributed by atoms with E-state index < -0.39 is 118 Å². The molecule has 0 aromatic carbocycles. The van der Waals surface area contributed by atoms with Crippen LogP contribution < -0.4 is 17.1 Å². The maximum atomic E-state index is 12.6. The summed E-state index contributed by atoms with van der Waals surface area (Å²) < 4.78 is 60.4. The van der Waals surface area contributed by atoms with Crippen LogP contribution in [0.25, 0.3) is 0 Å². The number of ether oxygens (including phenoxy) is 12. The average Bonchev–Trinajstić information content (AvgIpc) is 0.803. The Morgan fingerprint density at radius 1 is 0.330 bits per heavy atom. The molecule has 0 aliphatic heterocycles. The number of esters is 12. The monoisotopic (exact) mass is 1330 g/mol. The molecular formula is C62H79N3O29. The van der Waals surface area contributed by atoms with Gasteiger partial charge in [0, 0.05) is 72.4 Å². The smallest absolute Gasteiger partial charge is 0.336 e. The van der Waals surface area contributed by atoms with Crippen LogP contribution in [0.15, 0.2) is 166 Å². The van der Waals surface area contributed by atoms with Crippen molar-refractivity contribution in [2.45, 2.75) is 39.9 Å². The van der Waals surface area contributed by atoms with Gasteiger partial charge in [-0.2, -0.15) is 0 Å². The molecule has 0 saturated carbocycles. The van der Waals surface area contributed by atoms with Gasteiger partial charge >= 0.3 is 88.7 Å². The second-order valence-electron chi connectivity index (χ2n) is 18.4. The van der Waals surface area contributed by atoms with Crippen molar-refractivity contribution in [3.05, 3.63) is 183 Å². The molecule has 0 spiro atoms. The van der Waals surface area contributed by atoms with Crippen LogP contribution in [0.5, 0.6) is 0 Å². The van der Waals surface area contributed by atoms with Gasteiger partial charge in [-0.1, -0.05) is 85.9 Å². The Labute approximate surface area is 539 Å². The minimum Gasteiger partial charge on any atom is -0.462 e. The number of aliphatic hydroxyl groups is 2. The van der Waals surface area contributed by atoms with E-state index in [2.05, 4.69) is 78.9 Å². The van der Waals surface area contributed by atoms with Crippen molar-refractivity contribution in [3.8, 4) is 0 Å². The third kappa shape index (κ3) is 35.9. The number of carbonyl (C=O) groups is 12. The number of aromatic nitrogens is 3. The summed E-state index contributed by atoms with van der Waals surface area (Å²) in [6.45, 7) is 37.0. The Morgan fingerprint density at radius 3 is 0.660 bits per heavy atom. The fourth-order valence-corrected chi connectivity index (χ4v) is 5.71. The van der Waals surface area contributed by atoms with E-state index in [1.807, 2.05) is 0 Å². The SMILES string of the molecule is C=CC(=O)OCC(CC)(COC(=O)C=C)COC(=O)C=C.C=CC(=O)OCC(CO)(COC(=O)C=C)COC(=O)C(=C)C.C=CC(=O)OCC(CO)(COC(=O)C=C)COC(=O)C=C.C=CC(=O)OCCn1c(=O)n(CCOC(=O)C=C)c(=O)n(CCOC(=O)C=C)c1=O. The van der Waals surface area contributed by atoms with Gasteiger partial charge in [-0.25, -0.2) is 85.6 Å². The Balaban J connectivity index is -0.00000119. The zero-order valence-corrected chi connectivity index (χ0v) is 52.3. The van der Waals surface area contributed by atoms with Gasteiger partial charge in [-0.05, 0) is 13.3 Å². The number of hydrogen-bond acceptors (Lipinski definition) is 29. The lowest BCUT2D eigenvalue weighted by Crippen LogP contribution is -2.55. The zero-order valence-electron chi connectivity index (χ0n) is 52.3. The van der Waals surface area contributed by atoms with Gasteiger partial charge < -0.3 is 67.1 Å². The van der Waals surface area contributed by atoms with Crippen LogP contribution >= 0.6 is 0 Å². The van der Waals surface area contributed by atoms with Crippen molar-refractivity contribution in [1.82, 2.24) is 13.7 Å². The third-order valence-electron chi connectivity index (χ3n) is 11.3. The molecule has 0 saturated heterocycles. The van der Waals surface area contributed by atoms with E-state index >= 15 is 0 Å². The molecule has 0 unspecified atom stereocenters. The topological polar surface area (TPSA) is 422 Å². The second kappa shape index (κ2) is 48.7. The highest BCUT2D eigenvalue weighted by molar-refractivity contribution is 5.87. The third-order valence-corrected chi connectivity index (χ3v) is 11.3. The molecule has 1 rings (SSSR count). The van der Waals surface area contributed by atoms with E-state index in [4.69, 9.17) is 56.8 Å². The molecule has 1 aromatic heterocycles. The van der Waals surface area contributed by atoms with Crippen molar-refractivity contribution < 1.29 is 125 Å². The van der Waals surface area contributed by atoms with Crippen LogP contribution in [-0.4, -0.2) is 188 Å². The quantitative estimate of drug-likeness (QED) is 0.0515. The molecule has 32 heteroatoms. The fourth-order valence-electron chi connectivity index (χ4n) is 5.71. The first-order valence-electron chi connectivity index (χ1n) is 27.1. The fraction of sp³-hybridized carbons (Fsp3) is 0.371. The van der Waals surface area contributed by atoms with E-state index in [9.17, 15) is 82.1 Å². The van der Waals surface area contributed by atoms with Crippen LogP contribution in [-0.2, 0) is 134 Å². The molecule has 0 fully saturated rings. The highest BCUT2D eigenvalue weighted by Crippen LogP contribution is 2.25. The molecule has 0 radical (unpaired) electrons. The Kier molecular flexibility index (Phi) is 45.1. The lowest BCUT2D eigenvalue weighted by atomic mass is 9.88. The second-order valence-corrected chi connectivity index (χ2v) is 18.4. The van der Waals surface area contributed by atoms with Crippen molar-refractivity contribution >= 4 is 71.6 Å². The van der Waals surface area contributed by atoms with Crippen LogP contribution in [0.3, 0.4) is 0 Å². The molecule has 0 bridgehead atoms. The number of rotatable bonds is 42. The molecule has 1 heterocycles. The maximum absolute atomic E-state index is 12.6. The Hall–Kier alpha value is -11.2. The van der Waals surface area contributed by atoms with Gasteiger partial charge in [-0.15, -0.1) is 0 Å². The number of hydrogen-bond donors (Lipinski definition) is 2. The first-order chi connectivity index (χ1) is 44.4. The van der Waals surface area contributed by atoms with Gasteiger partial charge in [0.25, 0.3) is 0 Å². The minimum absolute atomic E-state index is 0.0802. The number of aliphatic hydroxyl groups excluding tert-OH is 2. The molecule has 32 nitrogen and oxygen atoms in total. The Morgan fingerprint density at radius 2 is 0.500 bits per heavy atom. The first-order valence-corrected chi connectivity index (χ1v) is 27.1. The van der Waals surface area contributed by atoms with E-state index in [0.29, 0.717) is 20.1 Å². The summed E-state index contributed by atoms with van der Waals surface area (Å²) in [5, 5.41) is 19.0. The average molecular weight is 1330 g/mol. The summed E-state index contributed by atoms with van der Waals surface area (Å²) in [7, 11) is 0. The summed E-state index contributed by atoms with van der Waals surface area (Å²) in [6, 6.07) is 0. The van der Waals surface area contributed by atoms with E-state index in [1.54, 1.807) is 6.92 Å². The first kappa shape index (κ1) is 87.1. The number of nitrogens with zero attached hydrogens (tertiary/aromatic N) is 3. The van der Waals surface area contributed by atoms with Crippen molar-refractivity contribution in [1.29, 1.82) is 0 Å². The van der Waals surface area contributed by atoms with Crippen molar-refractivity contribution in [3.63, 3.8) is 0 Å². The zero-order chi connectivity index (χ0) is 72.5. The van der Waals surface area contributed by atoms with Gasteiger partial charge in [-0.3, -0.25) is 0 Å². The van der Waals surface area contributed by atoms with Gasteiger partial charge in [0.1, 0.15) is 79.3 Å². The molecule has 2 N–H and O–H groups in total. The molecule has 94 heavy (non-hydrogen) atoms. The summed E-state index contributed by atoms with van der Waals surface area (Å²) in [4.78, 5) is 172. The molecule has 516 valence electrons. The summed E-state index contributed by atoms with van der Waals surface area (Å²) in [5.74, 6) is -8.42. The number of carbonyl (C=O) groups excluding carboxylic acids is 12. The van der Waals surface area contributed by atoms with Crippen LogP contribution in [0.2, 0.25) is 0 Å². The Bertz CT molecular complexity index is 2740.